The van der Waals surface area contributed by atoms with Crippen LogP contribution in [0, 0.1) is 5.82 Å². The maximum Gasteiger partial charge on any atom is 0.262 e. The molecule has 0 saturated heterocycles. The number of benzene rings is 3. The average Bonchev–Trinajstić information content (AvgIpc) is 3.25. The molecule has 0 unspecified atom stereocenters. The molecule has 0 amide bonds. The summed E-state index contributed by atoms with van der Waals surface area (Å²) in [6.07, 6.45) is 1.60. The highest BCUT2D eigenvalue weighted by Gasteiger charge is 2.17. The highest BCUT2D eigenvalue weighted by Crippen LogP contribution is 2.29. The Morgan fingerprint density at radius 3 is 2.47 bits per heavy atom. The van der Waals surface area contributed by atoms with Crippen LogP contribution in [0.25, 0.3) is 39.3 Å². The van der Waals surface area contributed by atoms with E-state index in [2.05, 4.69) is 10.1 Å². The number of rotatable bonds is 3. The second-order valence-corrected chi connectivity index (χ2v) is 7.11. The smallest absolute Gasteiger partial charge is 0.262 e. The molecule has 30 heavy (non-hydrogen) atoms. The van der Waals surface area contributed by atoms with Gasteiger partial charge in [0.2, 0.25) is 5.82 Å². The molecular formula is C23H13ClFN3O2. The van der Waals surface area contributed by atoms with Crippen LogP contribution in [0.2, 0.25) is 5.02 Å². The Kier molecular flexibility index (Phi) is 4.41. The summed E-state index contributed by atoms with van der Waals surface area (Å²) in [5.74, 6) is 0.215. The Morgan fingerprint density at radius 2 is 1.70 bits per heavy atom. The normalized spacial score (nSPS) is 11.1. The van der Waals surface area contributed by atoms with Crippen molar-refractivity contribution >= 4 is 22.4 Å². The second-order valence-electron chi connectivity index (χ2n) is 6.67. The van der Waals surface area contributed by atoms with E-state index in [4.69, 9.17) is 16.1 Å². The van der Waals surface area contributed by atoms with Crippen LogP contribution in [0.15, 0.2) is 88.3 Å². The molecule has 0 bridgehead atoms. The third kappa shape index (κ3) is 3.17. The predicted molar refractivity (Wildman–Crippen MR) is 113 cm³/mol. The third-order valence-corrected chi connectivity index (χ3v) is 5.02. The van der Waals surface area contributed by atoms with Crippen molar-refractivity contribution < 1.29 is 8.91 Å². The quantitative estimate of drug-likeness (QED) is 0.389. The number of nitrogens with zero attached hydrogens (tertiary/aromatic N) is 3. The van der Waals surface area contributed by atoms with E-state index in [9.17, 15) is 9.18 Å². The summed E-state index contributed by atoms with van der Waals surface area (Å²) in [4.78, 5) is 17.5. The molecular weight excluding hydrogens is 405 g/mol. The number of halogens is 2. The molecule has 0 aliphatic rings. The minimum atomic E-state index is -0.433. The minimum absolute atomic E-state index is 0.251. The van der Waals surface area contributed by atoms with Crippen LogP contribution in [0.3, 0.4) is 0 Å². The minimum Gasteiger partial charge on any atom is -0.334 e. The molecule has 5 aromatic rings. The van der Waals surface area contributed by atoms with E-state index in [-0.39, 0.29) is 11.4 Å². The van der Waals surface area contributed by atoms with Crippen LogP contribution in [0.5, 0.6) is 0 Å². The average molecular weight is 418 g/mol. The summed E-state index contributed by atoms with van der Waals surface area (Å²) < 4.78 is 20.7. The van der Waals surface area contributed by atoms with Gasteiger partial charge in [0.05, 0.1) is 11.3 Å². The molecule has 0 atom stereocenters. The lowest BCUT2D eigenvalue weighted by Crippen LogP contribution is -2.18. The Bertz CT molecular complexity index is 1440. The van der Waals surface area contributed by atoms with Gasteiger partial charge in [0, 0.05) is 27.6 Å². The van der Waals surface area contributed by atoms with Crippen LogP contribution in [-0.2, 0) is 0 Å². The fourth-order valence-corrected chi connectivity index (χ4v) is 3.45. The summed E-state index contributed by atoms with van der Waals surface area (Å²) in [7, 11) is 0. The Morgan fingerprint density at radius 1 is 0.933 bits per heavy atom. The monoisotopic (exact) mass is 417 g/mol. The van der Waals surface area contributed by atoms with Crippen molar-refractivity contribution in [2.24, 2.45) is 0 Å². The fourth-order valence-electron chi connectivity index (χ4n) is 3.33. The van der Waals surface area contributed by atoms with Crippen LogP contribution < -0.4 is 5.56 Å². The van der Waals surface area contributed by atoms with E-state index in [0.717, 1.165) is 5.56 Å². The van der Waals surface area contributed by atoms with Crippen LogP contribution in [0.1, 0.15) is 0 Å². The third-order valence-electron chi connectivity index (χ3n) is 4.77. The standard InChI is InChI=1S/C23H13ClFN3O2/c24-15-10-8-14(9-11-15)21-26-22(30-27-21)20-13-28(17-5-3-4-16(25)12-17)23(29)19-7-2-1-6-18(19)20/h1-13H. The highest BCUT2D eigenvalue weighted by atomic mass is 35.5. The molecule has 146 valence electrons. The topological polar surface area (TPSA) is 60.9 Å². The van der Waals surface area contributed by atoms with Crippen molar-refractivity contribution in [2.45, 2.75) is 0 Å². The zero-order valence-corrected chi connectivity index (χ0v) is 16.2. The highest BCUT2D eigenvalue weighted by molar-refractivity contribution is 6.30. The first-order valence-corrected chi connectivity index (χ1v) is 9.48. The first kappa shape index (κ1) is 18.3. The maximum absolute atomic E-state index is 13.8. The lowest BCUT2D eigenvalue weighted by molar-refractivity contribution is 0.432. The molecule has 0 saturated carbocycles. The van der Waals surface area contributed by atoms with Crippen molar-refractivity contribution in [2.75, 3.05) is 0 Å². The zero-order chi connectivity index (χ0) is 20.7. The first-order valence-electron chi connectivity index (χ1n) is 9.10. The van der Waals surface area contributed by atoms with Gasteiger partial charge in [-0.2, -0.15) is 4.98 Å². The fraction of sp³-hybridized carbons (Fsp3) is 0. The molecule has 0 N–H and O–H groups in total. The summed E-state index contributed by atoms with van der Waals surface area (Å²) in [6.45, 7) is 0. The molecule has 0 aliphatic heterocycles. The van der Waals surface area contributed by atoms with Crippen LogP contribution >= 0.6 is 11.6 Å². The Balaban J connectivity index is 1.72. The van der Waals surface area contributed by atoms with Gasteiger partial charge < -0.3 is 4.52 Å². The predicted octanol–water partition coefficient (Wildman–Crippen LogP) is 5.50. The van der Waals surface area contributed by atoms with Gasteiger partial charge in [-0.15, -0.1) is 0 Å². The number of aromatic nitrogens is 3. The number of hydrogen-bond donors (Lipinski definition) is 0. The van der Waals surface area contributed by atoms with E-state index >= 15 is 0 Å². The number of fused-ring (bicyclic) bond motifs is 1. The van der Waals surface area contributed by atoms with Crippen molar-refractivity contribution in [3.63, 3.8) is 0 Å². The Labute approximate surface area is 175 Å². The molecule has 7 heteroatoms. The molecule has 2 heterocycles. The largest absolute Gasteiger partial charge is 0.334 e. The van der Waals surface area contributed by atoms with E-state index in [1.807, 2.05) is 12.1 Å². The lowest BCUT2D eigenvalue weighted by atomic mass is 10.1. The number of hydrogen-bond acceptors (Lipinski definition) is 4. The van der Waals surface area contributed by atoms with Crippen molar-refractivity contribution in [1.29, 1.82) is 0 Å². The van der Waals surface area contributed by atoms with E-state index in [0.29, 0.717) is 32.9 Å². The maximum atomic E-state index is 13.8. The van der Waals surface area contributed by atoms with Gasteiger partial charge >= 0.3 is 0 Å². The lowest BCUT2D eigenvalue weighted by Gasteiger charge is -2.10. The molecule has 0 spiro atoms. The van der Waals surface area contributed by atoms with Crippen molar-refractivity contribution in [3.8, 4) is 28.5 Å². The van der Waals surface area contributed by atoms with Gasteiger partial charge in [0.1, 0.15) is 5.82 Å². The van der Waals surface area contributed by atoms with Crippen LogP contribution in [-0.4, -0.2) is 14.7 Å². The summed E-state index contributed by atoms with van der Waals surface area (Å²) >= 11 is 5.94. The molecule has 3 aromatic carbocycles. The first-order chi connectivity index (χ1) is 14.6. The van der Waals surface area contributed by atoms with Gasteiger partial charge in [-0.05, 0) is 48.5 Å². The van der Waals surface area contributed by atoms with E-state index in [1.54, 1.807) is 54.7 Å². The molecule has 0 radical (unpaired) electrons. The van der Waals surface area contributed by atoms with Gasteiger partial charge in [-0.25, -0.2) is 4.39 Å². The van der Waals surface area contributed by atoms with E-state index < -0.39 is 5.82 Å². The summed E-state index contributed by atoms with van der Waals surface area (Å²) in [5, 5.41) is 5.80. The van der Waals surface area contributed by atoms with Gasteiger partial charge in [0.15, 0.2) is 0 Å². The SMILES string of the molecule is O=c1c2ccccc2c(-c2nc(-c3ccc(Cl)cc3)no2)cn1-c1cccc(F)c1. The summed E-state index contributed by atoms with van der Waals surface area (Å²) in [5.41, 5.74) is 1.46. The molecule has 0 fully saturated rings. The van der Waals surface area contributed by atoms with Crippen molar-refractivity contribution in [3.05, 3.63) is 100 Å². The molecule has 2 aromatic heterocycles. The van der Waals surface area contributed by atoms with Gasteiger partial charge in [0.25, 0.3) is 11.4 Å². The zero-order valence-electron chi connectivity index (χ0n) is 15.4. The Hall–Kier alpha value is -3.77. The second kappa shape index (κ2) is 7.24. The van der Waals surface area contributed by atoms with Gasteiger partial charge in [-0.1, -0.05) is 41.0 Å². The summed E-state index contributed by atoms with van der Waals surface area (Å²) in [6, 6.07) is 20.0. The number of pyridine rings is 1. The van der Waals surface area contributed by atoms with Gasteiger partial charge in [-0.3, -0.25) is 9.36 Å². The molecule has 5 rings (SSSR count). The molecule has 0 aliphatic carbocycles. The van der Waals surface area contributed by atoms with Crippen molar-refractivity contribution in [1.82, 2.24) is 14.7 Å². The van der Waals surface area contributed by atoms with Crippen LogP contribution in [0.4, 0.5) is 4.39 Å². The van der Waals surface area contributed by atoms with E-state index in [1.165, 1.54) is 16.7 Å². The molecule has 5 nitrogen and oxygen atoms in total.